The summed E-state index contributed by atoms with van der Waals surface area (Å²) in [4.78, 5) is 37.0. The van der Waals surface area contributed by atoms with Crippen molar-refractivity contribution in [3.63, 3.8) is 0 Å². The van der Waals surface area contributed by atoms with Crippen LogP contribution in [0.15, 0.2) is 42.5 Å². The predicted octanol–water partition coefficient (Wildman–Crippen LogP) is 5.13. The summed E-state index contributed by atoms with van der Waals surface area (Å²) in [6, 6.07) is 10.1. The van der Waals surface area contributed by atoms with Crippen LogP contribution in [0.5, 0.6) is 0 Å². The van der Waals surface area contributed by atoms with Crippen molar-refractivity contribution in [2.45, 2.75) is 52.0 Å². The van der Waals surface area contributed by atoms with E-state index in [0.717, 1.165) is 32.1 Å². The standard InChI is InChI=1S/C24H29FN4O3/c1-15(2)26-24(32)28-18-10-6-9-17(13-18)23(31)27-19-11-12-20(25)21(14-19)29-22(30)16-7-4-3-5-8-16/h6,9-16H,3-5,7-8H2,1-2H3,(H,27,31)(H,29,30)(H2,26,28,32). The summed E-state index contributed by atoms with van der Waals surface area (Å²) in [6.45, 7) is 3.69. The molecule has 0 aromatic heterocycles. The van der Waals surface area contributed by atoms with Gasteiger partial charge in [-0.3, -0.25) is 9.59 Å². The van der Waals surface area contributed by atoms with E-state index in [1.165, 1.54) is 18.2 Å². The average molecular weight is 441 g/mol. The highest BCUT2D eigenvalue weighted by Gasteiger charge is 2.22. The molecule has 1 saturated carbocycles. The Hall–Kier alpha value is -3.42. The molecule has 1 fully saturated rings. The zero-order valence-electron chi connectivity index (χ0n) is 18.3. The van der Waals surface area contributed by atoms with Crippen LogP contribution < -0.4 is 21.3 Å². The number of carbonyl (C=O) groups is 3. The third-order valence-electron chi connectivity index (χ3n) is 5.26. The van der Waals surface area contributed by atoms with Gasteiger partial charge in [0.25, 0.3) is 5.91 Å². The molecule has 0 atom stereocenters. The van der Waals surface area contributed by atoms with E-state index in [0.29, 0.717) is 16.9 Å². The molecule has 7 nitrogen and oxygen atoms in total. The predicted molar refractivity (Wildman–Crippen MR) is 123 cm³/mol. The number of nitrogens with one attached hydrogen (secondary N) is 4. The van der Waals surface area contributed by atoms with Gasteiger partial charge in [0, 0.05) is 28.9 Å². The molecule has 0 heterocycles. The van der Waals surface area contributed by atoms with Crippen molar-refractivity contribution >= 4 is 34.9 Å². The summed E-state index contributed by atoms with van der Waals surface area (Å²) in [6.07, 6.45) is 4.75. The van der Waals surface area contributed by atoms with Gasteiger partial charge in [0.2, 0.25) is 5.91 Å². The van der Waals surface area contributed by atoms with Gasteiger partial charge in [0.1, 0.15) is 5.82 Å². The summed E-state index contributed by atoms with van der Waals surface area (Å²) in [5.41, 5.74) is 1.19. The lowest BCUT2D eigenvalue weighted by Gasteiger charge is -2.21. The summed E-state index contributed by atoms with van der Waals surface area (Å²) in [7, 11) is 0. The van der Waals surface area contributed by atoms with E-state index in [9.17, 15) is 18.8 Å². The zero-order valence-corrected chi connectivity index (χ0v) is 18.3. The number of hydrogen-bond donors (Lipinski definition) is 4. The normalized spacial score (nSPS) is 14.0. The molecule has 1 aliphatic carbocycles. The monoisotopic (exact) mass is 440 g/mol. The third-order valence-corrected chi connectivity index (χ3v) is 5.26. The lowest BCUT2D eigenvalue weighted by molar-refractivity contribution is -0.120. The van der Waals surface area contributed by atoms with Gasteiger partial charge in [0.05, 0.1) is 5.69 Å². The fourth-order valence-electron chi connectivity index (χ4n) is 3.67. The van der Waals surface area contributed by atoms with Crippen LogP contribution in [0.2, 0.25) is 0 Å². The van der Waals surface area contributed by atoms with Gasteiger partial charge in [-0.1, -0.05) is 25.3 Å². The van der Waals surface area contributed by atoms with Crippen molar-refractivity contribution < 1.29 is 18.8 Å². The summed E-state index contributed by atoms with van der Waals surface area (Å²) >= 11 is 0. The number of urea groups is 1. The second-order valence-electron chi connectivity index (χ2n) is 8.31. The number of rotatable bonds is 6. The maximum Gasteiger partial charge on any atom is 0.319 e. The van der Waals surface area contributed by atoms with Crippen molar-refractivity contribution in [3.05, 3.63) is 53.8 Å². The molecular formula is C24H29FN4O3. The maximum atomic E-state index is 14.2. The lowest BCUT2D eigenvalue weighted by atomic mass is 9.88. The molecule has 0 spiro atoms. The molecule has 0 bridgehead atoms. The van der Waals surface area contributed by atoms with E-state index in [1.54, 1.807) is 24.3 Å². The number of amides is 4. The Morgan fingerprint density at radius 3 is 2.34 bits per heavy atom. The molecule has 1 aliphatic rings. The highest BCUT2D eigenvalue weighted by molar-refractivity contribution is 6.05. The summed E-state index contributed by atoms with van der Waals surface area (Å²) in [5, 5.41) is 10.8. The molecule has 2 aromatic rings. The van der Waals surface area contributed by atoms with Gasteiger partial charge in [-0.25, -0.2) is 9.18 Å². The van der Waals surface area contributed by atoms with Crippen LogP contribution in [-0.2, 0) is 4.79 Å². The molecule has 32 heavy (non-hydrogen) atoms. The van der Waals surface area contributed by atoms with E-state index >= 15 is 0 Å². The topological polar surface area (TPSA) is 99.3 Å². The third kappa shape index (κ3) is 6.54. The van der Waals surface area contributed by atoms with Gasteiger partial charge in [-0.05, 0) is 63.1 Å². The Morgan fingerprint density at radius 1 is 0.906 bits per heavy atom. The molecule has 2 aromatic carbocycles. The molecule has 0 unspecified atom stereocenters. The van der Waals surface area contributed by atoms with Gasteiger partial charge in [-0.2, -0.15) is 0 Å². The Bertz CT molecular complexity index is 987. The molecule has 4 amide bonds. The van der Waals surface area contributed by atoms with Crippen molar-refractivity contribution in [2.24, 2.45) is 5.92 Å². The first-order chi connectivity index (χ1) is 15.3. The minimum absolute atomic E-state index is 0.0206. The average Bonchev–Trinajstić information content (AvgIpc) is 2.76. The van der Waals surface area contributed by atoms with Gasteiger partial charge in [-0.15, -0.1) is 0 Å². The molecule has 0 radical (unpaired) electrons. The van der Waals surface area contributed by atoms with E-state index in [-0.39, 0.29) is 29.6 Å². The van der Waals surface area contributed by atoms with Crippen molar-refractivity contribution in [1.29, 1.82) is 0 Å². The molecule has 0 aliphatic heterocycles. The minimum Gasteiger partial charge on any atom is -0.336 e. The zero-order chi connectivity index (χ0) is 23.1. The van der Waals surface area contributed by atoms with Gasteiger partial charge >= 0.3 is 6.03 Å². The van der Waals surface area contributed by atoms with E-state index < -0.39 is 11.7 Å². The van der Waals surface area contributed by atoms with Gasteiger partial charge in [0.15, 0.2) is 0 Å². The number of anilines is 3. The number of halogens is 1. The lowest BCUT2D eigenvalue weighted by Crippen LogP contribution is -2.34. The fraction of sp³-hybridized carbons (Fsp3) is 0.375. The molecule has 0 saturated heterocycles. The smallest absolute Gasteiger partial charge is 0.319 e. The van der Waals surface area contributed by atoms with Crippen LogP contribution >= 0.6 is 0 Å². The van der Waals surface area contributed by atoms with Crippen molar-refractivity contribution in [1.82, 2.24) is 5.32 Å². The number of hydrogen-bond acceptors (Lipinski definition) is 3. The Morgan fingerprint density at radius 2 is 1.62 bits per heavy atom. The second kappa shape index (κ2) is 10.7. The van der Waals surface area contributed by atoms with Crippen molar-refractivity contribution in [2.75, 3.05) is 16.0 Å². The second-order valence-corrected chi connectivity index (χ2v) is 8.31. The Labute approximate surface area is 187 Å². The molecule has 4 N–H and O–H groups in total. The van der Waals surface area contributed by atoms with Crippen LogP contribution in [0.3, 0.4) is 0 Å². The first-order valence-electron chi connectivity index (χ1n) is 10.9. The first kappa shape index (κ1) is 23.2. The SMILES string of the molecule is CC(C)NC(=O)Nc1cccc(C(=O)Nc2ccc(F)c(NC(=O)C3CCCCC3)c2)c1. The van der Waals surface area contributed by atoms with Crippen LogP contribution in [0, 0.1) is 11.7 Å². The Balaban J connectivity index is 1.66. The summed E-state index contributed by atoms with van der Waals surface area (Å²) in [5.74, 6) is -1.28. The summed E-state index contributed by atoms with van der Waals surface area (Å²) < 4.78 is 14.2. The first-order valence-corrected chi connectivity index (χ1v) is 10.9. The van der Waals surface area contributed by atoms with Crippen LogP contribution in [0.1, 0.15) is 56.3 Å². The Kier molecular flexibility index (Phi) is 7.81. The minimum atomic E-state index is -0.561. The fourth-order valence-corrected chi connectivity index (χ4v) is 3.67. The molecule has 3 rings (SSSR count). The van der Waals surface area contributed by atoms with E-state index in [4.69, 9.17) is 0 Å². The van der Waals surface area contributed by atoms with Crippen molar-refractivity contribution in [3.8, 4) is 0 Å². The number of carbonyl (C=O) groups excluding carboxylic acids is 3. The quantitative estimate of drug-likeness (QED) is 0.501. The van der Waals surface area contributed by atoms with E-state index in [1.807, 2.05) is 13.8 Å². The molecule has 8 heteroatoms. The highest BCUT2D eigenvalue weighted by atomic mass is 19.1. The van der Waals surface area contributed by atoms with Crippen LogP contribution in [0.25, 0.3) is 0 Å². The van der Waals surface area contributed by atoms with Gasteiger partial charge < -0.3 is 21.3 Å². The maximum absolute atomic E-state index is 14.2. The molecule has 170 valence electrons. The number of benzene rings is 2. The largest absolute Gasteiger partial charge is 0.336 e. The van der Waals surface area contributed by atoms with Crippen LogP contribution in [-0.4, -0.2) is 23.9 Å². The van der Waals surface area contributed by atoms with E-state index in [2.05, 4.69) is 21.3 Å². The van der Waals surface area contributed by atoms with Crippen LogP contribution in [0.4, 0.5) is 26.2 Å². The highest BCUT2D eigenvalue weighted by Crippen LogP contribution is 2.27. The molecular weight excluding hydrogens is 411 g/mol.